The van der Waals surface area contributed by atoms with Gasteiger partial charge in [0.15, 0.2) is 0 Å². The SMILES string of the molecule is C=C(C)[C@H](CC(=O)OC(C)C)NP(=O)(CO[C@H](C)CNC=N)NC(C)(C)C(=O)OCCCCC. The minimum atomic E-state index is -3.60. The third kappa shape index (κ3) is 13.8. The van der Waals surface area contributed by atoms with Crippen molar-refractivity contribution in [3.05, 3.63) is 12.2 Å². The second kappa shape index (κ2) is 16.0. The zero-order valence-corrected chi connectivity index (χ0v) is 22.8. The molecule has 1 unspecified atom stereocenters. The van der Waals surface area contributed by atoms with Gasteiger partial charge in [-0.1, -0.05) is 31.9 Å². The van der Waals surface area contributed by atoms with Crippen LogP contribution in [0.5, 0.6) is 0 Å². The predicted molar refractivity (Wildman–Crippen MR) is 135 cm³/mol. The lowest BCUT2D eigenvalue weighted by molar-refractivity contribution is -0.150. The minimum Gasteiger partial charge on any atom is -0.464 e. The van der Waals surface area contributed by atoms with E-state index in [0.717, 1.165) is 25.6 Å². The summed E-state index contributed by atoms with van der Waals surface area (Å²) in [6.45, 7) is 16.8. The Morgan fingerprint density at radius 1 is 1.21 bits per heavy atom. The van der Waals surface area contributed by atoms with Crippen molar-refractivity contribution in [1.29, 1.82) is 5.41 Å². The van der Waals surface area contributed by atoms with Crippen molar-refractivity contribution in [2.45, 2.75) is 97.9 Å². The van der Waals surface area contributed by atoms with Crippen LogP contribution in [0.3, 0.4) is 0 Å². The number of rotatable bonds is 19. The van der Waals surface area contributed by atoms with Crippen LogP contribution in [0, 0.1) is 5.41 Å². The molecule has 0 aliphatic rings. The standard InChI is InChI=1S/C23H45N4O6P/c1-9-10-11-12-31-22(29)23(7,8)27-34(30,16-32-19(6)14-25-15-24)26-20(17(2)3)13-21(28)33-18(4)5/h15,18-20H,2,9-14,16H2,1,3-8H3,(H2,24,25)(H2,26,27,30)/t19-,20+,34?/m1/s1. The molecule has 0 aromatic heterocycles. The van der Waals surface area contributed by atoms with Crippen molar-refractivity contribution in [3.63, 3.8) is 0 Å². The second-order valence-corrected chi connectivity index (χ2v) is 11.5. The normalized spacial score (nSPS) is 15.2. The molecule has 11 heteroatoms. The van der Waals surface area contributed by atoms with Crippen molar-refractivity contribution in [2.75, 3.05) is 19.5 Å². The number of hydrogen-bond donors (Lipinski definition) is 4. The summed E-state index contributed by atoms with van der Waals surface area (Å²) in [6, 6.07) is -0.667. The summed E-state index contributed by atoms with van der Waals surface area (Å²) < 4.78 is 30.3. The van der Waals surface area contributed by atoms with Crippen molar-refractivity contribution >= 4 is 25.7 Å². The molecule has 0 heterocycles. The summed E-state index contributed by atoms with van der Waals surface area (Å²) in [5.74, 6) is -0.989. The number of unbranched alkanes of at least 4 members (excludes halogenated alkanes) is 2. The summed E-state index contributed by atoms with van der Waals surface area (Å²) >= 11 is 0. The lowest BCUT2D eigenvalue weighted by Crippen LogP contribution is -2.50. The van der Waals surface area contributed by atoms with Crippen LogP contribution in [-0.4, -0.2) is 61.6 Å². The number of carbonyl (C=O) groups is 2. The number of nitrogens with one attached hydrogen (secondary N) is 4. The van der Waals surface area contributed by atoms with E-state index in [-0.39, 0.29) is 31.6 Å². The average Bonchev–Trinajstić information content (AvgIpc) is 2.72. The average molecular weight is 505 g/mol. The monoisotopic (exact) mass is 504 g/mol. The fourth-order valence-corrected chi connectivity index (χ4v) is 5.35. The molecular weight excluding hydrogens is 459 g/mol. The molecule has 10 nitrogen and oxygen atoms in total. The maximum Gasteiger partial charge on any atom is 0.326 e. The van der Waals surface area contributed by atoms with E-state index in [2.05, 4.69) is 29.0 Å². The highest BCUT2D eigenvalue weighted by Crippen LogP contribution is 2.41. The fourth-order valence-electron chi connectivity index (χ4n) is 2.87. The smallest absolute Gasteiger partial charge is 0.326 e. The molecule has 0 bridgehead atoms. The highest BCUT2D eigenvalue weighted by molar-refractivity contribution is 7.59. The van der Waals surface area contributed by atoms with Gasteiger partial charge in [0.1, 0.15) is 11.9 Å². The van der Waals surface area contributed by atoms with E-state index in [1.807, 2.05) is 0 Å². The third-order valence-electron chi connectivity index (χ3n) is 4.70. The topological polar surface area (TPSA) is 139 Å². The van der Waals surface area contributed by atoms with Crippen molar-refractivity contribution in [1.82, 2.24) is 15.5 Å². The highest BCUT2D eigenvalue weighted by Gasteiger charge is 2.39. The fraction of sp³-hybridized carbons (Fsp3) is 0.783. The molecule has 198 valence electrons. The number of carbonyl (C=O) groups excluding carboxylic acids is 2. The Kier molecular flexibility index (Phi) is 15.2. The lowest BCUT2D eigenvalue weighted by atomic mass is 10.1. The molecule has 34 heavy (non-hydrogen) atoms. The van der Waals surface area contributed by atoms with Gasteiger partial charge in [-0.05, 0) is 48.0 Å². The Morgan fingerprint density at radius 3 is 2.38 bits per heavy atom. The number of esters is 2. The van der Waals surface area contributed by atoms with Gasteiger partial charge < -0.3 is 19.5 Å². The second-order valence-electron chi connectivity index (χ2n) is 9.25. The Hall–Kier alpha value is -1.74. The van der Waals surface area contributed by atoms with E-state index in [1.165, 1.54) is 0 Å². The summed E-state index contributed by atoms with van der Waals surface area (Å²) in [4.78, 5) is 25.0. The molecule has 0 aliphatic heterocycles. The van der Waals surface area contributed by atoms with E-state index >= 15 is 0 Å². The summed E-state index contributed by atoms with van der Waals surface area (Å²) in [6.07, 6.45) is 2.77. The van der Waals surface area contributed by atoms with Gasteiger partial charge in [-0.25, -0.2) is 10.2 Å². The van der Waals surface area contributed by atoms with Gasteiger partial charge >= 0.3 is 11.9 Å². The molecule has 0 aliphatic carbocycles. The largest absolute Gasteiger partial charge is 0.464 e. The number of ether oxygens (including phenoxy) is 3. The highest BCUT2D eigenvalue weighted by atomic mass is 31.2. The Morgan fingerprint density at radius 2 is 1.85 bits per heavy atom. The zero-order valence-electron chi connectivity index (χ0n) is 21.9. The van der Waals surface area contributed by atoms with Crippen LogP contribution in [0.4, 0.5) is 0 Å². The van der Waals surface area contributed by atoms with Gasteiger partial charge in [0.2, 0.25) is 7.44 Å². The summed E-state index contributed by atoms with van der Waals surface area (Å²) in [5.41, 5.74) is -0.701. The van der Waals surface area contributed by atoms with Crippen LogP contribution in [0.1, 0.15) is 74.1 Å². The van der Waals surface area contributed by atoms with Gasteiger partial charge in [-0.3, -0.25) is 19.6 Å². The maximum absolute atomic E-state index is 14.0. The van der Waals surface area contributed by atoms with Gasteiger partial charge in [-0.15, -0.1) is 0 Å². The van der Waals surface area contributed by atoms with Gasteiger partial charge in [-0.2, -0.15) is 0 Å². The molecule has 0 rings (SSSR count). The predicted octanol–water partition coefficient (Wildman–Crippen LogP) is 3.72. The van der Waals surface area contributed by atoms with Gasteiger partial charge in [0.25, 0.3) is 0 Å². The molecular formula is C23H45N4O6P. The Balaban J connectivity index is 5.59. The minimum absolute atomic E-state index is 0.0774. The van der Waals surface area contributed by atoms with Crippen LogP contribution >= 0.6 is 7.44 Å². The first-order valence-electron chi connectivity index (χ1n) is 11.8. The molecule has 0 fully saturated rings. The van der Waals surface area contributed by atoms with Gasteiger partial charge in [0, 0.05) is 12.6 Å². The summed E-state index contributed by atoms with van der Waals surface area (Å²) in [5, 5.41) is 15.7. The molecule has 0 amide bonds. The van der Waals surface area contributed by atoms with Crippen LogP contribution in [0.15, 0.2) is 12.2 Å². The molecule has 0 spiro atoms. The van der Waals surface area contributed by atoms with Gasteiger partial charge in [0.05, 0.1) is 31.6 Å². The molecule has 0 saturated carbocycles. The molecule has 0 radical (unpaired) electrons. The summed E-state index contributed by atoms with van der Waals surface area (Å²) in [7, 11) is -3.60. The van der Waals surface area contributed by atoms with Crippen molar-refractivity contribution < 1.29 is 28.4 Å². The zero-order chi connectivity index (χ0) is 26.4. The first kappa shape index (κ1) is 32.3. The third-order valence-corrected chi connectivity index (χ3v) is 6.86. The quantitative estimate of drug-likeness (QED) is 0.0517. The van der Waals surface area contributed by atoms with E-state index in [1.54, 1.807) is 41.5 Å². The van der Waals surface area contributed by atoms with E-state index in [0.29, 0.717) is 12.1 Å². The number of hydrogen-bond acceptors (Lipinski definition) is 7. The first-order valence-corrected chi connectivity index (χ1v) is 13.7. The molecule has 0 aromatic rings. The maximum atomic E-state index is 14.0. The van der Waals surface area contributed by atoms with E-state index in [4.69, 9.17) is 19.6 Å². The molecule has 3 atom stereocenters. The molecule has 4 N–H and O–H groups in total. The molecule has 0 saturated heterocycles. The van der Waals surface area contributed by atoms with Crippen LogP contribution < -0.4 is 15.5 Å². The van der Waals surface area contributed by atoms with Crippen LogP contribution in [0.25, 0.3) is 0 Å². The van der Waals surface area contributed by atoms with Crippen LogP contribution in [0.2, 0.25) is 0 Å². The Labute approximate surface area is 204 Å². The Bertz CT molecular complexity index is 714. The van der Waals surface area contributed by atoms with Crippen molar-refractivity contribution in [3.8, 4) is 0 Å². The van der Waals surface area contributed by atoms with Crippen molar-refractivity contribution in [2.24, 2.45) is 0 Å². The lowest BCUT2D eigenvalue weighted by Gasteiger charge is -2.33. The van der Waals surface area contributed by atoms with E-state index < -0.39 is 31.0 Å². The van der Waals surface area contributed by atoms with Crippen LogP contribution in [-0.2, 0) is 28.4 Å². The van der Waals surface area contributed by atoms with E-state index in [9.17, 15) is 14.2 Å². The molecule has 0 aromatic carbocycles. The first-order chi connectivity index (χ1) is 15.8.